The topological polar surface area (TPSA) is 58.2 Å². The molecule has 0 spiro atoms. The van der Waals surface area contributed by atoms with Crippen LogP contribution >= 0.6 is 0 Å². The summed E-state index contributed by atoms with van der Waals surface area (Å²) in [5.74, 6) is -2.64. The zero-order valence-corrected chi connectivity index (χ0v) is 13.5. The Morgan fingerprint density at radius 1 is 1.04 bits per heavy atom. The number of hydrogen-bond donors (Lipinski definition) is 2. The van der Waals surface area contributed by atoms with Crippen LogP contribution in [0.25, 0.3) is 0 Å². The van der Waals surface area contributed by atoms with Crippen molar-refractivity contribution in [3.8, 4) is 0 Å². The van der Waals surface area contributed by atoms with E-state index in [1.807, 2.05) is 32.0 Å². The van der Waals surface area contributed by atoms with E-state index in [4.69, 9.17) is 0 Å². The molecule has 0 bridgehead atoms. The van der Waals surface area contributed by atoms with Gasteiger partial charge in [-0.1, -0.05) is 18.2 Å². The molecule has 24 heavy (non-hydrogen) atoms. The second-order valence-corrected chi connectivity index (χ2v) is 5.45. The number of amides is 2. The van der Waals surface area contributed by atoms with Crippen LogP contribution in [0.4, 0.5) is 14.5 Å². The van der Waals surface area contributed by atoms with Crippen LogP contribution in [0.3, 0.4) is 0 Å². The monoisotopic (exact) mass is 332 g/mol. The third-order valence-electron chi connectivity index (χ3n) is 3.56. The minimum atomic E-state index is -0.938. The van der Waals surface area contributed by atoms with Gasteiger partial charge in [-0.2, -0.15) is 0 Å². The van der Waals surface area contributed by atoms with Gasteiger partial charge < -0.3 is 10.6 Å². The summed E-state index contributed by atoms with van der Waals surface area (Å²) in [6.07, 6.45) is 0.0440. The van der Waals surface area contributed by atoms with Crippen LogP contribution in [0, 0.1) is 25.5 Å². The number of carbonyl (C=O) groups is 2. The lowest BCUT2D eigenvalue weighted by Crippen LogP contribution is -2.28. The fraction of sp³-hybridized carbons (Fsp3) is 0.222. The second-order valence-electron chi connectivity index (χ2n) is 5.45. The third kappa shape index (κ3) is 4.38. The van der Waals surface area contributed by atoms with Crippen molar-refractivity contribution >= 4 is 17.5 Å². The maximum Gasteiger partial charge on any atom is 0.254 e. The maximum absolute atomic E-state index is 13.5. The largest absolute Gasteiger partial charge is 0.351 e. The summed E-state index contributed by atoms with van der Waals surface area (Å²) in [6, 6.07) is 8.40. The summed E-state index contributed by atoms with van der Waals surface area (Å²) in [7, 11) is 0. The highest BCUT2D eigenvalue weighted by Crippen LogP contribution is 2.19. The molecule has 2 amide bonds. The van der Waals surface area contributed by atoms with Crippen molar-refractivity contribution in [1.82, 2.24) is 5.32 Å². The van der Waals surface area contributed by atoms with E-state index in [2.05, 4.69) is 10.6 Å². The average molecular weight is 332 g/mol. The molecule has 126 valence electrons. The quantitative estimate of drug-likeness (QED) is 0.882. The molecule has 0 fully saturated rings. The Labute approximate surface area is 138 Å². The summed E-state index contributed by atoms with van der Waals surface area (Å²) in [5, 5.41) is 5.24. The van der Waals surface area contributed by atoms with E-state index >= 15 is 0 Å². The van der Waals surface area contributed by atoms with E-state index in [-0.39, 0.29) is 24.4 Å². The number of para-hydroxylation sites is 1. The van der Waals surface area contributed by atoms with Crippen molar-refractivity contribution < 1.29 is 18.4 Å². The highest BCUT2D eigenvalue weighted by Gasteiger charge is 2.13. The Balaban J connectivity index is 1.87. The molecule has 0 heterocycles. The molecule has 0 radical (unpaired) electrons. The Kier molecular flexibility index (Phi) is 5.63. The van der Waals surface area contributed by atoms with Crippen molar-refractivity contribution in [2.24, 2.45) is 0 Å². The van der Waals surface area contributed by atoms with Crippen LogP contribution in [0.5, 0.6) is 0 Å². The lowest BCUT2D eigenvalue weighted by Gasteiger charge is -2.11. The summed E-state index contributed by atoms with van der Waals surface area (Å²) < 4.78 is 26.3. The van der Waals surface area contributed by atoms with Crippen molar-refractivity contribution in [2.75, 3.05) is 11.9 Å². The normalized spacial score (nSPS) is 10.3. The molecular formula is C18H18F2N2O2. The number of aryl methyl sites for hydroxylation is 2. The van der Waals surface area contributed by atoms with Gasteiger partial charge in [0.15, 0.2) is 0 Å². The molecular weight excluding hydrogens is 314 g/mol. The lowest BCUT2D eigenvalue weighted by atomic mass is 10.1. The molecule has 2 aromatic rings. The van der Waals surface area contributed by atoms with Crippen molar-refractivity contribution in [3.05, 3.63) is 64.7 Å². The van der Waals surface area contributed by atoms with Gasteiger partial charge in [-0.15, -0.1) is 0 Å². The molecule has 0 atom stereocenters. The fourth-order valence-corrected chi connectivity index (χ4v) is 2.27. The predicted molar refractivity (Wildman–Crippen MR) is 87.9 cm³/mol. The Hall–Kier alpha value is -2.76. The van der Waals surface area contributed by atoms with Crippen LogP contribution in [0.15, 0.2) is 36.4 Å². The number of nitrogens with one attached hydrogen (secondary N) is 2. The first-order valence-corrected chi connectivity index (χ1v) is 7.48. The van der Waals surface area contributed by atoms with Gasteiger partial charge in [0.2, 0.25) is 5.91 Å². The number of halogens is 2. The highest BCUT2D eigenvalue weighted by atomic mass is 19.1. The van der Waals surface area contributed by atoms with Gasteiger partial charge in [-0.05, 0) is 37.1 Å². The third-order valence-corrected chi connectivity index (χ3v) is 3.56. The van der Waals surface area contributed by atoms with Gasteiger partial charge in [0.1, 0.15) is 11.6 Å². The van der Waals surface area contributed by atoms with Crippen LogP contribution in [-0.4, -0.2) is 18.4 Å². The first-order valence-electron chi connectivity index (χ1n) is 7.48. The maximum atomic E-state index is 13.5. The molecule has 2 rings (SSSR count). The smallest absolute Gasteiger partial charge is 0.254 e. The number of carbonyl (C=O) groups excluding carboxylic acids is 2. The average Bonchev–Trinajstić information content (AvgIpc) is 2.51. The number of hydrogen-bond acceptors (Lipinski definition) is 2. The molecule has 0 aromatic heterocycles. The highest BCUT2D eigenvalue weighted by molar-refractivity contribution is 5.95. The molecule has 2 N–H and O–H groups in total. The Morgan fingerprint density at radius 2 is 1.71 bits per heavy atom. The fourth-order valence-electron chi connectivity index (χ4n) is 2.27. The molecule has 6 heteroatoms. The van der Waals surface area contributed by atoms with Crippen molar-refractivity contribution in [1.29, 1.82) is 0 Å². The van der Waals surface area contributed by atoms with Gasteiger partial charge in [0.25, 0.3) is 5.91 Å². The minimum Gasteiger partial charge on any atom is -0.351 e. The standard InChI is InChI=1S/C18H18F2N2O2/c1-11-4-3-5-12(2)17(11)22-16(23)8-9-21-18(24)14-7-6-13(19)10-15(14)20/h3-7,10H,8-9H2,1-2H3,(H,21,24)(H,22,23). The van der Waals surface area contributed by atoms with Gasteiger partial charge >= 0.3 is 0 Å². The predicted octanol–water partition coefficient (Wildman–Crippen LogP) is 3.34. The first kappa shape index (κ1) is 17.6. The molecule has 4 nitrogen and oxygen atoms in total. The van der Waals surface area contributed by atoms with Gasteiger partial charge in [-0.3, -0.25) is 9.59 Å². The summed E-state index contributed by atoms with van der Waals surface area (Å²) in [6.45, 7) is 3.83. The van der Waals surface area contributed by atoms with Crippen LogP contribution in [0.2, 0.25) is 0 Å². The molecule has 0 unspecified atom stereocenters. The molecule has 0 aliphatic carbocycles. The van der Waals surface area contributed by atoms with E-state index in [0.717, 1.165) is 28.9 Å². The van der Waals surface area contributed by atoms with E-state index in [0.29, 0.717) is 6.07 Å². The Bertz CT molecular complexity index is 755. The zero-order valence-electron chi connectivity index (χ0n) is 13.5. The van der Waals surface area contributed by atoms with Gasteiger partial charge in [-0.25, -0.2) is 8.78 Å². The SMILES string of the molecule is Cc1cccc(C)c1NC(=O)CCNC(=O)c1ccc(F)cc1F. The molecule has 0 aliphatic heterocycles. The van der Waals surface area contributed by atoms with Crippen LogP contribution in [-0.2, 0) is 4.79 Å². The summed E-state index contributed by atoms with van der Waals surface area (Å²) in [4.78, 5) is 23.8. The van der Waals surface area contributed by atoms with E-state index in [1.54, 1.807) is 0 Å². The van der Waals surface area contributed by atoms with E-state index < -0.39 is 17.5 Å². The van der Waals surface area contributed by atoms with Crippen molar-refractivity contribution in [3.63, 3.8) is 0 Å². The van der Waals surface area contributed by atoms with Crippen molar-refractivity contribution in [2.45, 2.75) is 20.3 Å². The molecule has 0 saturated carbocycles. The zero-order chi connectivity index (χ0) is 17.7. The number of benzene rings is 2. The van der Waals surface area contributed by atoms with Gasteiger partial charge in [0.05, 0.1) is 5.56 Å². The number of anilines is 1. The van der Waals surface area contributed by atoms with E-state index in [9.17, 15) is 18.4 Å². The lowest BCUT2D eigenvalue weighted by molar-refractivity contribution is -0.116. The minimum absolute atomic E-state index is 0.0440. The Morgan fingerprint density at radius 3 is 2.33 bits per heavy atom. The van der Waals surface area contributed by atoms with E-state index in [1.165, 1.54) is 0 Å². The first-order chi connectivity index (χ1) is 11.4. The summed E-state index contributed by atoms with van der Waals surface area (Å²) >= 11 is 0. The molecule has 0 aliphatic rings. The number of rotatable bonds is 5. The summed E-state index contributed by atoms with van der Waals surface area (Å²) in [5.41, 5.74) is 2.38. The second kappa shape index (κ2) is 7.68. The molecule has 2 aromatic carbocycles. The van der Waals surface area contributed by atoms with Crippen LogP contribution < -0.4 is 10.6 Å². The van der Waals surface area contributed by atoms with Crippen LogP contribution in [0.1, 0.15) is 27.9 Å². The molecule has 0 saturated heterocycles. The van der Waals surface area contributed by atoms with Gasteiger partial charge in [0, 0.05) is 24.7 Å².